The number of halogens is 1. The lowest BCUT2D eigenvalue weighted by Gasteiger charge is -2.32. The molecule has 0 aliphatic carbocycles. The summed E-state index contributed by atoms with van der Waals surface area (Å²) < 4.78 is 28.6. The summed E-state index contributed by atoms with van der Waals surface area (Å²) in [6, 6.07) is 10.9. The van der Waals surface area contributed by atoms with Crippen LogP contribution in [0.5, 0.6) is 0 Å². The van der Waals surface area contributed by atoms with Crippen molar-refractivity contribution < 1.29 is 8.42 Å². The fourth-order valence-corrected chi connectivity index (χ4v) is 4.67. The lowest BCUT2D eigenvalue weighted by atomic mass is 9.89. The molecule has 0 spiro atoms. The van der Waals surface area contributed by atoms with Gasteiger partial charge >= 0.3 is 0 Å². The van der Waals surface area contributed by atoms with E-state index in [1.165, 1.54) is 8.72 Å². The van der Waals surface area contributed by atoms with Crippen LogP contribution < -0.4 is 0 Å². The molecule has 1 saturated heterocycles. The third-order valence-electron chi connectivity index (χ3n) is 4.46. The highest BCUT2D eigenvalue weighted by atomic mass is 35.5. The minimum atomic E-state index is -3.63. The molecular weight excluding hydrogens is 360 g/mol. The van der Waals surface area contributed by atoms with E-state index in [4.69, 9.17) is 11.6 Å². The van der Waals surface area contributed by atoms with E-state index in [0.717, 1.165) is 11.1 Å². The Labute approximate surface area is 153 Å². The van der Waals surface area contributed by atoms with E-state index >= 15 is 0 Å². The Morgan fingerprint density at radius 2 is 1.68 bits per heavy atom. The van der Waals surface area contributed by atoms with Gasteiger partial charge in [-0.2, -0.15) is 12.7 Å². The second kappa shape index (κ2) is 7.01. The van der Waals surface area contributed by atoms with Gasteiger partial charge in [-0.3, -0.25) is 4.98 Å². The minimum Gasteiger partial charge on any atom is -0.265 e. The van der Waals surface area contributed by atoms with Crippen LogP contribution in [0.3, 0.4) is 0 Å². The monoisotopic (exact) mass is 380 g/mol. The van der Waals surface area contributed by atoms with Gasteiger partial charge in [0.25, 0.3) is 10.2 Å². The molecule has 1 fully saturated rings. The van der Waals surface area contributed by atoms with Gasteiger partial charge in [0.2, 0.25) is 0 Å². The van der Waals surface area contributed by atoms with Gasteiger partial charge < -0.3 is 0 Å². The predicted octanol–water partition coefficient (Wildman–Crippen LogP) is 2.53. The number of likely N-dealkylation sites (N-methyl/N-ethyl adjacent to an activating group) is 1. The van der Waals surface area contributed by atoms with Crippen molar-refractivity contribution in [2.24, 2.45) is 0 Å². The van der Waals surface area contributed by atoms with Gasteiger partial charge in [0, 0.05) is 51.0 Å². The number of benzene rings is 1. The number of nitrogens with zero attached hydrogens (tertiary/aromatic N) is 4. The molecule has 2 unspecified atom stereocenters. The van der Waals surface area contributed by atoms with Gasteiger partial charge in [0.1, 0.15) is 0 Å². The van der Waals surface area contributed by atoms with Crippen molar-refractivity contribution in [3.05, 3.63) is 64.9 Å². The van der Waals surface area contributed by atoms with Crippen molar-refractivity contribution in [2.45, 2.75) is 12.0 Å². The highest BCUT2D eigenvalue weighted by Gasteiger charge is 2.47. The Morgan fingerprint density at radius 3 is 2.24 bits per heavy atom. The number of hydrogen-bond acceptors (Lipinski definition) is 4. The molecular formula is C17H21ClN4O2S. The highest BCUT2D eigenvalue weighted by Crippen LogP contribution is 2.44. The zero-order valence-corrected chi connectivity index (χ0v) is 15.9. The largest absolute Gasteiger partial charge is 0.295 e. The van der Waals surface area contributed by atoms with Crippen LogP contribution in [0.4, 0.5) is 0 Å². The maximum absolute atomic E-state index is 12.9. The molecule has 2 aromatic rings. The summed E-state index contributed by atoms with van der Waals surface area (Å²) in [6.07, 6.45) is 3.47. The first kappa shape index (κ1) is 18.3. The standard InChI is InChI=1S/C17H21ClN4O2S/c1-20(2)25(23,24)22-17(14-4-6-15(18)7-5-14)16(12-21(22)3)13-8-10-19-11-9-13/h4-11,16-17H,12H2,1-3H3. The van der Waals surface area contributed by atoms with Gasteiger partial charge in [-0.25, -0.2) is 5.01 Å². The van der Waals surface area contributed by atoms with E-state index in [-0.39, 0.29) is 12.0 Å². The van der Waals surface area contributed by atoms with E-state index in [2.05, 4.69) is 4.98 Å². The molecule has 0 saturated carbocycles. The lowest BCUT2D eigenvalue weighted by Crippen LogP contribution is -2.46. The summed E-state index contributed by atoms with van der Waals surface area (Å²) in [6.45, 7) is 0.588. The number of hydrogen-bond donors (Lipinski definition) is 0. The topological polar surface area (TPSA) is 56.8 Å². The van der Waals surface area contributed by atoms with E-state index in [9.17, 15) is 8.42 Å². The number of aromatic nitrogens is 1. The van der Waals surface area contributed by atoms with Gasteiger partial charge in [-0.1, -0.05) is 23.7 Å². The van der Waals surface area contributed by atoms with Crippen molar-refractivity contribution in [1.82, 2.24) is 18.7 Å². The first-order valence-corrected chi connectivity index (χ1v) is 9.68. The number of rotatable bonds is 4. The fourth-order valence-electron chi connectivity index (χ4n) is 3.24. The van der Waals surface area contributed by atoms with Crippen molar-refractivity contribution in [3.8, 4) is 0 Å². The second-order valence-electron chi connectivity index (χ2n) is 6.29. The van der Waals surface area contributed by atoms with Crippen LogP contribution in [0.15, 0.2) is 48.8 Å². The molecule has 1 aromatic heterocycles. The molecule has 0 N–H and O–H groups in total. The lowest BCUT2D eigenvalue weighted by molar-refractivity contribution is 0.116. The molecule has 1 aromatic carbocycles. The van der Waals surface area contributed by atoms with Crippen LogP contribution in [0.1, 0.15) is 23.1 Å². The van der Waals surface area contributed by atoms with Crippen molar-refractivity contribution in [1.29, 1.82) is 0 Å². The summed E-state index contributed by atoms with van der Waals surface area (Å²) in [4.78, 5) is 4.07. The zero-order chi connectivity index (χ0) is 18.2. The number of hydrazine groups is 1. The summed E-state index contributed by atoms with van der Waals surface area (Å²) in [5.41, 5.74) is 1.96. The van der Waals surface area contributed by atoms with E-state index < -0.39 is 10.2 Å². The fraction of sp³-hybridized carbons (Fsp3) is 0.353. The predicted molar refractivity (Wildman–Crippen MR) is 98.2 cm³/mol. The van der Waals surface area contributed by atoms with Gasteiger partial charge in [-0.05, 0) is 35.4 Å². The first-order valence-electron chi connectivity index (χ1n) is 7.90. The van der Waals surface area contributed by atoms with Crippen molar-refractivity contribution >= 4 is 21.8 Å². The normalized spacial score (nSPS) is 22.6. The van der Waals surface area contributed by atoms with Gasteiger partial charge in [0.05, 0.1) is 6.04 Å². The molecule has 6 nitrogen and oxygen atoms in total. The molecule has 2 heterocycles. The Kier molecular flexibility index (Phi) is 5.13. The molecule has 3 rings (SSSR count). The molecule has 8 heteroatoms. The van der Waals surface area contributed by atoms with Crippen LogP contribution in [-0.2, 0) is 10.2 Å². The van der Waals surface area contributed by atoms with Crippen LogP contribution >= 0.6 is 11.6 Å². The van der Waals surface area contributed by atoms with Crippen molar-refractivity contribution in [3.63, 3.8) is 0 Å². The highest BCUT2D eigenvalue weighted by molar-refractivity contribution is 7.86. The Bertz CT molecular complexity index is 827. The molecule has 0 amide bonds. The molecule has 25 heavy (non-hydrogen) atoms. The second-order valence-corrected chi connectivity index (χ2v) is 8.72. The van der Waals surface area contributed by atoms with Crippen LogP contribution in [-0.4, -0.2) is 54.8 Å². The minimum absolute atomic E-state index is 0.0103. The molecule has 134 valence electrons. The SMILES string of the molecule is CN1CC(c2ccncc2)C(c2ccc(Cl)cc2)N1S(=O)(=O)N(C)C. The first-order chi connectivity index (χ1) is 11.8. The Hall–Kier alpha value is -1.51. The Balaban J connectivity index is 2.13. The Morgan fingerprint density at radius 1 is 1.08 bits per heavy atom. The zero-order valence-electron chi connectivity index (χ0n) is 14.4. The average Bonchev–Trinajstić information content (AvgIpc) is 2.94. The third-order valence-corrected chi connectivity index (χ3v) is 6.61. The quantitative estimate of drug-likeness (QED) is 0.817. The third kappa shape index (κ3) is 3.43. The van der Waals surface area contributed by atoms with E-state index in [1.54, 1.807) is 50.7 Å². The smallest absolute Gasteiger partial charge is 0.265 e. The summed E-state index contributed by atoms with van der Waals surface area (Å²) >= 11 is 6.02. The van der Waals surface area contributed by atoms with Crippen LogP contribution in [0.25, 0.3) is 0 Å². The van der Waals surface area contributed by atoms with E-state index in [0.29, 0.717) is 11.6 Å². The summed E-state index contributed by atoms with van der Waals surface area (Å²) in [5, 5.41) is 2.39. The molecule has 0 radical (unpaired) electrons. The maximum Gasteiger partial charge on any atom is 0.295 e. The van der Waals surface area contributed by atoms with Crippen molar-refractivity contribution in [2.75, 3.05) is 27.7 Å². The molecule has 0 bridgehead atoms. The summed E-state index contributed by atoms with van der Waals surface area (Å²) in [5.74, 6) is -0.0103. The molecule has 1 aliphatic rings. The molecule has 2 atom stereocenters. The van der Waals surface area contributed by atoms with Gasteiger partial charge in [0.15, 0.2) is 0 Å². The van der Waals surface area contributed by atoms with Gasteiger partial charge in [-0.15, -0.1) is 4.41 Å². The van der Waals surface area contributed by atoms with E-state index in [1.807, 2.05) is 24.3 Å². The average molecular weight is 381 g/mol. The van der Waals surface area contributed by atoms with Crippen LogP contribution in [0, 0.1) is 0 Å². The number of pyridine rings is 1. The molecule has 1 aliphatic heterocycles. The van der Waals surface area contributed by atoms with Crippen LogP contribution in [0.2, 0.25) is 5.02 Å². The maximum atomic E-state index is 12.9. The summed E-state index contributed by atoms with van der Waals surface area (Å²) in [7, 11) is 1.25.